The molecule has 0 radical (unpaired) electrons. The van der Waals surface area contributed by atoms with Crippen LogP contribution in [0.2, 0.25) is 0 Å². The first-order valence-corrected chi connectivity index (χ1v) is 10.5. The van der Waals surface area contributed by atoms with E-state index in [9.17, 15) is 14.7 Å². The van der Waals surface area contributed by atoms with E-state index in [0.29, 0.717) is 29.4 Å². The van der Waals surface area contributed by atoms with Crippen molar-refractivity contribution in [3.8, 4) is 5.75 Å². The molecule has 2 amide bonds. The lowest BCUT2D eigenvalue weighted by molar-refractivity contribution is -0.117. The van der Waals surface area contributed by atoms with Crippen LogP contribution < -0.4 is 11.1 Å². The fourth-order valence-corrected chi connectivity index (χ4v) is 3.77. The van der Waals surface area contributed by atoms with Gasteiger partial charge >= 0.3 is 0 Å². The van der Waals surface area contributed by atoms with Gasteiger partial charge in [-0.25, -0.2) is 4.98 Å². The van der Waals surface area contributed by atoms with Crippen LogP contribution in [0.15, 0.2) is 17.5 Å². The van der Waals surface area contributed by atoms with E-state index < -0.39 is 5.91 Å². The Morgan fingerprint density at radius 3 is 2.14 bits per heavy atom. The summed E-state index contributed by atoms with van der Waals surface area (Å²) in [7, 11) is 0. The zero-order valence-corrected chi connectivity index (χ0v) is 18.9. The third-order valence-electron chi connectivity index (χ3n) is 4.58. The van der Waals surface area contributed by atoms with Gasteiger partial charge in [0.15, 0.2) is 5.13 Å². The van der Waals surface area contributed by atoms with E-state index >= 15 is 0 Å². The van der Waals surface area contributed by atoms with Gasteiger partial charge in [0.1, 0.15) is 5.75 Å². The second-order valence-corrected chi connectivity index (χ2v) is 10.2. The lowest BCUT2D eigenvalue weighted by Gasteiger charge is -2.28. The van der Waals surface area contributed by atoms with Crippen molar-refractivity contribution in [2.75, 3.05) is 5.32 Å². The number of aryl methyl sites for hydroxylation is 1. The first-order valence-electron chi connectivity index (χ1n) is 9.67. The topological polar surface area (TPSA) is 105 Å². The van der Waals surface area contributed by atoms with E-state index in [2.05, 4.69) is 51.8 Å². The Bertz CT molecular complexity index is 870. The maximum Gasteiger partial charge on any atom is 0.226 e. The molecule has 0 fully saturated rings. The fraction of sp³-hybridized carbons (Fsp3) is 0.500. The van der Waals surface area contributed by atoms with Crippen molar-refractivity contribution in [3.63, 3.8) is 0 Å². The Morgan fingerprint density at radius 2 is 1.66 bits per heavy atom. The minimum Gasteiger partial charge on any atom is -0.507 e. The smallest absolute Gasteiger partial charge is 0.226 e. The summed E-state index contributed by atoms with van der Waals surface area (Å²) < 4.78 is 0. The minimum atomic E-state index is -0.454. The predicted molar refractivity (Wildman–Crippen MR) is 117 cm³/mol. The number of aromatic nitrogens is 1. The Kier molecular flexibility index (Phi) is 6.73. The van der Waals surface area contributed by atoms with Crippen molar-refractivity contribution in [1.82, 2.24) is 4.98 Å². The monoisotopic (exact) mass is 417 g/mol. The number of rotatable bonds is 6. The molecule has 6 nitrogen and oxygen atoms in total. The van der Waals surface area contributed by atoms with Crippen molar-refractivity contribution < 1.29 is 14.7 Å². The normalized spacial score (nSPS) is 12.1. The highest BCUT2D eigenvalue weighted by Gasteiger charge is 2.26. The van der Waals surface area contributed by atoms with E-state index in [-0.39, 0.29) is 23.2 Å². The van der Waals surface area contributed by atoms with E-state index in [1.165, 1.54) is 11.3 Å². The van der Waals surface area contributed by atoms with Gasteiger partial charge in [0.25, 0.3) is 0 Å². The van der Waals surface area contributed by atoms with Gasteiger partial charge in [-0.3, -0.25) is 9.59 Å². The quantitative estimate of drug-likeness (QED) is 0.659. The molecule has 0 spiro atoms. The van der Waals surface area contributed by atoms with Crippen molar-refractivity contribution in [2.24, 2.45) is 5.73 Å². The number of phenols is 1. The molecule has 2 aromatic rings. The first-order chi connectivity index (χ1) is 13.3. The highest BCUT2D eigenvalue weighted by atomic mass is 32.1. The third-order valence-corrected chi connectivity index (χ3v) is 5.39. The largest absolute Gasteiger partial charge is 0.507 e. The van der Waals surface area contributed by atoms with E-state index in [4.69, 9.17) is 5.73 Å². The maximum absolute atomic E-state index is 12.4. The molecular formula is C22H31N3O3S. The van der Waals surface area contributed by atoms with Crippen molar-refractivity contribution in [3.05, 3.63) is 39.9 Å². The average Bonchev–Trinajstić information content (AvgIpc) is 2.97. The number of nitrogens with two attached hydrogens (primary N) is 1. The van der Waals surface area contributed by atoms with E-state index in [1.807, 2.05) is 12.1 Å². The SMILES string of the molecule is CC(C)(C)c1cc(CCC(=O)Nc2nc(CC(N)=O)cs2)cc(C(C)(C)C)c1O. The van der Waals surface area contributed by atoms with E-state index in [1.54, 1.807) is 5.38 Å². The number of phenolic OH excluding ortho intramolecular Hbond substituents is 1. The number of nitrogens with one attached hydrogen (secondary N) is 1. The van der Waals surface area contributed by atoms with Crippen LogP contribution >= 0.6 is 11.3 Å². The summed E-state index contributed by atoms with van der Waals surface area (Å²) in [4.78, 5) is 27.5. The van der Waals surface area contributed by atoms with Crippen LogP contribution in [0.3, 0.4) is 0 Å². The predicted octanol–water partition coefficient (Wildman–Crippen LogP) is 4.04. The molecule has 158 valence electrons. The minimum absolute atomic E-state index is 0.0606. The number of aromatic hydroxyl groups is 1. The Hall–Kier alpha value is -2.41. The molecule has 0 saturated carbocycles. The summed E-state index contributed by atoms with van der Waals surface area (Å²) in [6, 6.07) is 3.98. The molecule has 0 atom stereocenters. The summed E-state index contributed by atoms with van der Waals surface area (Å²) >= 11 is 1.27. The molecule has 29 heavy (non-hydrogen) atoms. The van der Waals surface area contributed by atoms with Crippen molar-refractivity contribution in [2.45, 2.75) is 71.6 Å². The molecule has 0 bridgehead atoms. The number of hydrogen-bond acceptors (Lipinski definition) is 5. The third kappa shape index (κ3) is 6.29. The van der Waals surface area contributed by atoms with Crippen LogP contribution in [-0.2, 0) is 33.3 Å². The summed E-state index contributed by atoms with van der Waals surface area (Å²) in [5.41, 5.74) is 8.09. The second kappa shape index (κ2) is 8.53. The lowest BCUT2D eigenvalue weighted by atomic mass is 9.78. The van der Waals surface area contributed by atoms with Crippen LogP contribution in [0.25, 0.3) is 0 Å². The summed E-state index contributed by atoms with van der Waals surface area (Å²) in [5.74, 6) is -0.263. The molecule has 1 aromatic heterocycles. The highest BCUT2D eigenvalue weighted by Crippen LogP contribution is 2.40. The molecule has 1 heterocycles. The molecular weight excluding hydrogens is 386 g/mol. The van der Waals surface area contributed by atoms with Gasteiger partial charge in [-0.05, 0) is 33.9 Å². The molecule has 1 aromatic carbocycles. The standard InChI is InChI=1S/C22H31N3O3S/c1-21(2,3)15-9-13(10-16(19(15)28)22(4,5)6)7-8-18(27)25-20-24-14(12-29-20)11-17(23)26/h9-10,12,28H,7-8,11H2,1-6H3,(H2,23,26)(H,24,25,27). The van der Waals surface area contributed by atoms with Crippen molar-refractivity contribution in [1.29, 1.82) is 0 Å². The molecule has 7 heteroatoms. The van der Waals surface area contributed by atoms with Gasteiger partial charge < -0.3 is 16.2 Å². The zero-order valence-electron chi connectivity index (χ0n) is 18.0. The van der Waals surface area contributed by atoms with Crippen LogP contribution in [0.1, 0.15) is 70.3 Å². The fourth-order valence-electron chi connectivity index (χ4n) is 3.05. The molecule has 4 N–H and O–H groups in total. The number of hydrogen-bond donors (Lipinski definition) is 3. The molecule has 0 unspecified atom stereocenters. The number of benzene rings is 1. The Morgan fingerprint density at radius 1 is 1.10 bits per heavy atom. The van der Waals surface area contributed by atoms with E-state index in [0.717, 1.165) is 16.7 Å². The summed E-state index contributed by atoms with van der Waals surface area (Å²) in [6.07, 6.45) is 0.908. The first kappa shape index (κ1) is 22.9. The van der Waals surface area contributed by atoms with Crippen LogP contribution in [-0.4, -0.2) is 21.9 Å². The summed E-state index contributed by atoms with van der Waals surface area (Å²) in [6.45, 7) is 12.4. The number of nitrogens with zero attached hydrogens (tertiary/aromatic N) is 1. The maximum atomic E-state index is 12.4. The molecule has 0 saturated heterocycles. The number of anilines is 1. The average molecular weight is 418 g/mol. The van der Waals surface area contributed by atoms with Gasteiger partial charge in [-0.15, -0.1) is 11.3 Å². The van der Waals surface area contributed by atoms with Crippen LogP contribution in [0.5, 0.6) is 5.75 Å². The zero-order chi connectivity index (χ0) is 22.0. The number of carbonyl (C=O) groups is 2. The lowest BCUT2D eigenvalue weighted by Crippen LogP contribution is -2.18. The number of primary amides is 1. The van der Waals surface area contributed by atoms with Gasteiger partial charge in [0, 0.05) is 11.8 Å². The summed E-state index contributed by atoms with van der Waals surface area (Å²) in [5, 5.41) is 15.8. The van der Waals surface area contributed by atoms with Crippen molar-refractivity contribution >= 4 is 28.3 Å². The molecule has 0 aliphatic heterocycles. The number of carbonyl (C=O) groups excluding carboxylic acids is 2. The van der Waals surface area contributed by atoms with Gasteiger partial charge in [0.05, 0.1) is 12.1 Å². The van der Waals surface area contributed by atoms with Gasteiger partial charge in [-0.1, -0.05) is 53.7 Å². The highest BCUT2D eigenvalue weighted by molar-refractivity contribution is 7.13. The second-order valence-electron chi connectivity index (χ2n) is 9.37. The molecule has 2 rings (SSSR count). The number of thiazole rings is 1. The molecule has 0 aliphatic carbocycles. The van der Waals surface area contributed by atoms with Crippen LogP contribution in [0.4, 0.5) is 5.13 Å². The molecule has 0 aliphatic rings. The number of amides is 2. The Balaban J connectivity index is 2.14. The van der Waals surface area contributed by atoms with Gasteiger partial charge in [-0.2, -0.15) is 0 Å². The van der Waals surface area contributed by atoms with Gasteiger partial charge in [0.2, 0.25) is 11.8 Å². The van der Waals surface area contributed by atoms with Crippen LogP contribution in [0, 0.1) is 0 Å². The Labute approximate surface area is 176 Å².